The van der Waals surface area contributed by atoms with Gasteiger partial charge in [-0.15, -0.1) is 0 Å². The van der Waals surface area contributed by atoms with E-state index >= 15 is 0 Å². The van der Waals surface area contributed by atoms with Gasteiger partial charge in [0.1, 0.15) is 0 Å². The van der Waals surface area contributed by atoms with Crippen LogP contribution in [0, 0.1) is 11.3 Å². The number of hydrogen-bond donors (Lipinski definition) is 0. The number of rotatable bonds is 5. The van der Waals surface area contributed by atoms with E-state index in [1.54, 1.807) is 0 Å². The molecule has 0 spiro atoms. The van der Waals surface area contributed by atoms with Gasteiger partial charge in [-0.1, -0.05) is 170 Å². The molecular formula is C51H31N. The third kappa shape index (κ3) is 4.78. The van der Waals surface area contributed by atoms with Crippen LogP contribution in [0.25, 0.3) is 99.4 Å². The highest BCUT2D eigenvalue weighted by molar-refractivity contribution is 6.22. The van der Waals surface area contributed by atoms with Gasteiger partial charge in [0.15, 0.2) is 0 Å². The van der Waals surface area contributed by atoms with Gasteiger partial charge in [0.25, 0.3) is 0 Å². The first-order valence-corrected chi connectivity index (χ1v) is 17.7. The van der Waals surface area contributed by atoms with Gasteiger partial charge in [-0.2, -0.15) is 5.26 Å². The Hall–Kier alpha value is -7.01. The van der Waals surface area contributed by atoms with Crippen molar-refractivity contribution in [3.8, 4) is 84.0 Å². The van der Waals surface area contributed by atoms with Gasteiger partial charge in [0, 0.05) is 0 Å². The molecule has 0 amide bonds. The lowest BCUT2D eigenvalue weighted by Gasteiger charge is -2.21. The van der Waals surface area contributed by atoms with Crippen LogP contribution >= 0.6 is 0 Å². The van der Waals surface area contributed by atoms with Crippen molar-refractivity contribution in [2.45, 2.75) is 0 Å². The normalized spacial score (nSPS) is 11.4. The number of fused-ring (bicyclic) bond motifs is 4. The Bertz CT molecular complexity index is 2850. The Morgan fingerprint density at radius 2 is 0.788 bits per heavy atom. The molecule has 0 saturated carbocycles. The summed E-state index contributed by atoms with van der Waals surface area (Å²) in [7, 11) is 0. The molecule has 0 N–H and O–H groups in total. The van der Waals surface area contributed by atoms with Crippen LogP contribution in [0.2, 0.25) is 0 Å². The van der Waals surface area contributed by atoms with Gasteiger partial charge in [0.2, 0.25) is 0 Å². The highest BCUT2D eigenvalue weighted by Crippen LogP contribution is 2.57. The van der Waals surface area contributed by atoms with Crippen molar-refractivity contribution in [1.82, 2.24) is 0 Å². The fourth-order valence-corrected chi connectivity index (χ4v) is 8.24. The van der Waals surface area contributed by atoms with Gasteiger partial charge in [0.05, 0.1) is 11.6 Å². The molecule has 1 aliphatic carbocycles. The number of benzene rings is 9. The highest BCUT2D eigenvalue weighted by atomic mass is 14.3. The molecule has 9 aromatic rings. The number of hydrogen-bond acceptors (Lipinski definition) is 1. The van der Waals surface area contributed by atoms with Crippen molar-refractivity contribution in [2.75, 3.05) is 0 Å². The Labute approximate surface area is 303 Å². The van der Waals surface area contributed by atoms with Gasteiger partial charge < -0.3 is 0 Å². The van der Waals surface area contributed by atoms with Crippen molar-refractivity contribution in [3.05, 3.63) is 194 Å². The van der Waals surface area contributed by atoms with E-state index in [1.807, 2.05) is 12.1 Å². The fourth-order valence-electron chi connectivity index (χ4n) is 8.24. The molecule has 1 nitrogen and oxygen atoms in total. The summed E-state index contributed by atoms with van der Waals surface area (Å²) in [5.74, 6) is 0. The van der Waals surface area contributed by atoms with Crippen molar-refractivity contribution in [2.24, 2.45) is 0 Å². The molecule has 1 aliphatic rings. The second-order valence-corrected chi connectivity index (χ2v) is 13.5. The topological polar surface area (TPSA) is 23.8 Å². The molecule has 0 fully saturated rings. The molecular weight excluding hydrogens is 627 g/mol. The Morgan fingerprint density at radius 3 is 1.48 bits per heavy atom. The van der Waals surface area contributed by atoms with E-state index in [1.165, 1.54) is 88.3 Å². The maximum atomic E-state index is 9.63. The molecule has 10 rings (SSSR count). The number of nitriles is 1. The van der Waals surface area contributed by atoms with Gasteiger partial charge in [-0.05, 0) is 118 Å². The van der Waals surface area contributed by atoms with E-state index in [0.29, 0.717) is 5.56 Å². The molecule has 0 heterocycles. The van der Waals surface area contributed by atoms with E-state index < -0.39 is 0 Å². The zero-order valence-electron chi connectivity index (χ0n) is 28.3. The summed E-state index contributed by atoms with van der Waals surface area (Å²) in [4.78, 5) is 0. The molecule has 0 saturated heterocycles. The van der Waals surface area contributed by atoms with Crippen molar-refractivity contribution in [1.29, 1.82) is 5.26 Å². The number of nitrogens with zero attached hydrogens (tertiary/aromatic N) is 1. The Morgan fingerprint density at radius 1 is 0.308 bits per heavy atom. The minimum atomic E-state index is 0.658. The van der Waals surface area contributed by atoms with E-state index in [4.69, 9.17) is 0 Å². The molecule has 0 atom stereocenters. The van der Waals surface area contributed by atoms with Crippen LogP contribution in [0.3, 0.4) is 0 Å². The summed E-state index contributed by atoms with van der Waals surface area (Å²) in [6.45, 7) is 0. The highest BCUT2D eigenvalue weighted by Gasteiger charge is 2.30. The molecule has 0 radical (unpaired) electrons. The molecule has 0 aliphatic heterocycles. The summed E-state index contributed by atoms with van der Waals surface area (Å²) in [5, 5.41) is 14.7. The van der Waals surface area contributed by atoms with E-state index in [9.17, 15) is 5.26 Å². The minimum Gasteiger partial charge on any atom is -0.192 e. The lowest BCUT2D eigenvalue weighted by atomic mass is 9.82. The van der Waals surface area contributed by atoms with Crippen LogP contribution in [-0.2, 0) is 0 Å². The third-order valence-electron chi connectivity index (χ3n) is 10.7. The molecule has 9 aromatic carbocycles. The lowest BCUT2D eigenvalue weighted by molar-refractivity contribution is 1.48. The summed E-state index contributed by atoms with van der Waals surface area (Å²) in [6, 6.07) is 70.0. The van der Waals surface area contributed by atoms with Crippen molar-refractivity contribution < 1.29 is 0 Å². The zero-order valence-corrected chi connectivity index (χ0v) is 28.3. The molecule has 0 unspecified atom stereocenters. The lowest BCUT2D eigenvalue weighted by Crippen LogP contribution is -1.95. The quantitative estimate of drug-likeness (QED) is 0.181. The first kappa shape index (κ1) is 29.9. The zero-order chi connectivity index (χ0) is 34.6. The standard InChI is InChI=1S/C51H31N/c52-32-33-19-21-38(22-20-33)47-31-46(39-27-25-37(26-28-39)43-16-6-12-36-11-4-5-15-42(36)43)49(41-29-23-35(24-30-41)34-9-2-1-3-10-34)51-45-18-8-14-40-13-7-17-44(48(40)45)50(47)51/h1-31H. The van der Waals surface area contributed by atoms with Crippen LogP contribution in [0.15, 0.2) is 188 Å². The maximum absolute atomic E-state index is 9.63. The Balaban J connectivity index is 1.25. The van der Waals surface area contributed by atoms with E-state index in [2.05, 4.69) is 182 Å². The predicted molar refractivity (Wildman–Crippen MR) is 218 cm³/mol. The van der Waals surface area contributed by atoms with E-state index in [0.717, 1.165) is 11.1 Å². The molecule has 1 heteroatoms. The smallest absolute Gasteiger partial charge is 0.0991 e. The van der Waals surface area contributed by atoms with E-state index in [-0.39, 0.29) is 0 Å². The largest absolute Gasteiger partial charge is 0.192 e. The first-order valence-electron chi connectivity index (χ1n) is 17.7. The van der Waals surface area contributed by atoms with Crippen LogP contribution in [0.5, 0.6) is 0 Å². The van der Waals surface area contributed by atoms with Crippen LogP contribution in [0.4, 0.5) is 0 Å². The van der Waals surface area contributed by atoms with Gasteiger partial charge in [-0.25, -0.2) is 0 Å². The third-order valence-corrected chi connectivity index (χ3v) is 10.7. The predicted octanol–water partition coefficient (Wildman–Crippen LogP) is 13.8. The SMILES string of the molecule is N#Cc1ccc(-c2cc(-c3ccc(-c4cccc5ccccc45)cc3)c(-c3ccc(-c4ccccc4)cc3)c3c2-c2cccc4cccc-3c24)cc1. The first-order chi connectivity index (χ1) is 25.7. The van der Waals surface area contributed by atoms with Crippen LogP contribution < -0.4 is 0 Å². The second-order valence-electron chi connectivity index (χ2n) is 13.5. The average molecular weight is 658 g/mol. The summed E-state index contributed by atoms with van der Waals surface area (Å²) in [5.41, 5.74) is 17.5. The Kier molecular flexibility index (Phi) is 6.95. The molecule has 240 valence electrons. The monoisotopic (exact) mass is 657 g/mol. The summed E-state index contributed by atoms with van der Waals surface area (Å²) < 4.78 is 0. The minimum absolute atomic E-state index is 0.658. The molecule has 52 heavy (non-hydrogen) atoms. The van der Waals surface area contributed by atoms with Gasteiger partial charge in [-0.3, -0.25) is 0 Å². The van der Waals surface area contributed by atoms with Crippen LogP contribution in [-0.4, -0.2) is 0 Å². The average Bonchev–Trinajstić information content (AvgIpc) is 3.56. The van der Waals surface area contributed by atoms with Crippen molar-refractivity contribution in [3.63, 3.8) is 0 Å². The summed E-state index contributed by atoms with van der Waals surface area (Å²) >= 11 is 0. The fraction of sp³-hybridized carbons (Fsp3) is 0. The molecule has 0 bridgehead atoms. The van der Waals surface area contributed by atoms with Crippen LogP contribution in [0.1, 0.15) is 5.56 Å². The maximum Gasteiger partial charge on any atom is 0.0991 e. The second kappa shape index (κ2) is 12.1. The van der Waals surface area contributed by atoms with Crippen molar-refractivity contribution >= 4 is 21.5 Å². The summed E-state index contributed by atoms with van der Waals surface area (Å²) in [6.07, 6.45) is 0. The molecule has 0 aromatic heterocycles. The van der Waals surface area contributed by atoms with Gasteiger partial charge >= 0.3 is 0 Å².